The van der Waals surface area contributed by atoms with Gasteiger partial charge in [-0.3, -0.25) is 0 Å². The fourth-order valence-electron chi connectivity index (χ4n) is 2.52. The zero-order valence-electron chi connectivity index (χ0n) is 11.3. The number of nitrogens with zero attached hydrogens (tertiary/aromatic N) is 3. The van der Waals surface area contributed by atoms with E-state index in [2.05, 4.69) is 39.1 Å². The second-order valence-electron chi connectivity index (χ2n) is 4.95. The van der Waals surface area contributed by atoms with Gasteiger partial charge in [0, 0.05) is 25.1 Å². The Morgan fingerprint density at radius 3 is 2.37 bits per heavy atom. The first-order chi connectivity index (χ1) is 9.19. The first kappa shape index (κ1) is 12.0. The van der Waals surface area contributed by atoms with Gasteiger partial charge in [0.15, 0.2) is 0 Å². The molecule has 2 N–H and O–H groups in total. The van der Waals surface area contributed by atoms with Gasteiger partial charge in [-0.05, 0) is 18.1 Å². The zero-order chi connectivity index (χ0) is 13.4. The van der Waals surface area contributed by atoms with Gasteiger partial charge in [-0.15, -0.1) is 0 Å². The van der Waals surface area contributed by atoms with Crippen molar-refractivity contribution in [3.05, 3.63) is 46.8 Å². The van der Waals surface area contributed by atoms with E-state index in [1.54, 1.807) is 0 Å². The lowest BCUT2D eigenvalue weighted by Gasteiger charge is -2.20. The molecule has 1 aliphatic heterocycles. The summed E-state index contributed by atoms with van der Waals surface area (Å²) in [6, 6.07) is 8.52. The Morgan fingerprint density at radius 1 is 1.16 bits per heavy atom. The predicted molar refractivity (Wildman–Crippen MR) is 76.9 cm³/mol. The molecule has 4 nitrogen and oxygen atoms in total. The summed E-state index contributed by atoms with van der Waals surface area (Å²) in [5, 5.41) is 0. The van der Waals surface area contributed by atoms with Crippen LogP contribution < -0.4 is 10.6 Å². The molecule has 4 heteroatoms. The maximum Gasteiger partial charge on any atom is 0.137 e. The number of nitrogens with two attached hydrogens (primary N) is 1. The van der Waals surface area contributed by atoms with Crippen LogP contribution in [0.2, 0.25) is 0 Å². The third-order valence-corrected chi connectivity index (χ3v) is 3.66. The second kappa shape index (κ2) is 4.53. The topological polar surface area (TPSA) is 55.0 Å². The monoisotopic (exact) mass is 254 g/mol. The van der Waals surface area contributed by atoms with Crippen LogP contribution in [0.3, 0.4) is 0 Å². The van der Waals surface area contributed by atoms with Crippen molar-refractivity contribution in [2.45, 2.75) is 33.4 Å². The van der Waals surface area contributed by atoms with Crippen LogP contribution in [-0.2, 0) is 19.5 Å². The SMILES string of the molecule is CCc1nc(N)c(C)c(N2Cc3ccccc3C2)n1. The first-order valence-corrected chi connectivity index (χ1v) is 6.63. The molecule has 1 aromatic carbocycles. The molecule has 0 bridgehead atoms. The lowest BCUT2D eigenvalue weighted by molar-refractivity contribution is 0.823. The highest BCUT2D eigenvalue weighted by Gasteiger charge is 2.22. The number of anilines is 2. The van der Waals surface area contributed by atoms with Crippen LogP contribution >= 0.6 is 0 Å². The number of aromatic nitrogens is 2. The zero-order valence-corrected chi connectivity index (χ0v) is 11.3. The van der Waals surface area contributed by atoms with Gasteiger partial charge >= 0.3 is 0 Å². The van der Waals surface area contributed by atoms with Crippen molar-refractivity contribution in [2.75, 3.05) is 10.6 Å². The van der Waals surface area contributed by atoms with Crippen LogP contribution in [0.15, 0.2) is 24.3 Å². The molecule has 0 radical (unpaired) electrons. The Hall–Kier alpha value is -2.10. The minimum absolute atomic E-state index is 0.595. The number of nitrogen functional groups attached to an aromatic ring is 1. The molecule has 0 unspecified atom stereocenters. The van der Waals surface area contributed by atoms with Gasteiger partial charge in [0.2, 0.25) is 0 Å². The van der Waals surface area contributed by atoms with Crippen molar-refractivity contribution in [2.24, 2.45) is 0 Å². The molecule has 2 heterocycles. The number of hydrogen-bond acceptors (Lipinski definition) is 4. The largest absolute Gasteiger partial charge is 0.383 e. The molecule has 2 aromatic rings. The van der Waals surface area contributed by atoms with Crippen LogP contribution in [0, 0.1) is 6.92 Å². The van der Waals surface area contributed by atoms with Crippen LogP contribution in [0.1, 0.15) is 29.4 Å². The van der Waals surface area contributed by atoms with Crippen LogP contribution in [0.25, 0.3) is 0 Å². The van der Waals surface area contributed by atoms with Gasteiger partial charge < -0.3 is 10.6 Å². The first-order valence-electron chi connectivity index (χ1n) is 6.63. The Labute approximate surface area is 113 Å². The fraction of sp³-hybridized carbons (Fsp3) is 0.333. The quantitative estimate of drug-likeness (QED) is 0.894. The Kier molecular flexibility index (Phi) is 2.85. The Balaban J connectivity index is 1.99. The molecule has 0 saturated heterocycles. The lowest BCUT2D eigenvalue weighted by Crippen LogP contribution is -2.19. The van der Waals surface area contributed by atoms with Gasteiger partial charge in [-0.2, -0.15) is 0 Å². The van der Waals surface area contributed by atoms with Crippen LogP contribution in [0.4, 0.5) is 11.6 Å². The summed E-state index contributed by atoms with van der Waals surface area (Å²) in [6.07, 6.45) is 0.804. The third-order valence-electron chi connectivity index (χ3n) is 3.66. The second-order valence-corrected chi connectivity index (χ2v) is 4.95. The standard InChI is InChI=1S/C15H18N4/c1-3-13-17-14(16)10(2)15(18-13)19-8-11-6-4-5-7-12(11)9-19/h4-7H,3,8-9H2,1-2H3,(H2,16,17,18). The lowest BCUT2D eigenvalue weighted by atomic mass is 10.1. The highest BCUT2D eigenvalue weighted by atomic mass is 15.2. The smallest absolute Gasteiger partial charge is 0.137 e. The maximum absolute atomic E-state index is 5.99. The van der Waals surface area contributed by atoms with E-state index in [1.165, 1.54) is 11.1 Å². The average molecular weight is 254 g/mol. The molecule has 0 spiro atoms. The van der Waals surface area contributed by atoms with Gasteiger partial charge in [0.1, 0.15) is 17.5 Å². The highest BCUT2D eigenvalue weighted by Crippen LogP contribution is 2.30. The van der Waals surface area contributed by atoms with Gasteiger partial charge in [-0.1, -0.05) is 31.2 Å². The van der Waals surface area contributed by atoms with Crippen LogP contribution in [0.5, 0.6) is 0 Å². The van der Waals surface area contributed by atoms with Gasteiger partial charge in [0.25, 0.3) is 0 Å². The van der Waals surface area contributed by atoms with E-state index in [-0.39, 0.29) is 0 Å². The summed E-state index contributed by atoms with van der Waals surface area (Å²) in [4.78, 5) is 11.2. The van der Waals surface area contributed by atoms with E-state index >= 15 is 0 Å². The minimum Gasteiger partial charge on any atom is -0.383 e. The molecule has 98 valence electrons. The summed E-state index contributed by atoms with van der Waals surface area (Å²) < 4.78 is 0. The number of rotatable bonds is 2. The molecule has 0 aliphatic carbocycles. The number of benzene rings is 1. The van der Waals surface area contributed by atoms with Crippen molar-refractivity contribution >= 4 is 11.6 Å². The molecular formula is C15H18N4. The Morgan fingerprint density at radius 2 is 1.79 bits per heavy atom. The summed E-state index contributed by atoms with van der Waals surface area (Å²) in [6.45, 7) is 5.84. The molecular weight excluding hydrogens is 236 g/mol. The van der Waals surface area contributed by atoms with Crippen molar-refractivity contribution in [1.82, 2.24) is 9.97 Å². The fourth-order valence-corrected chi connectivity index (χ4v) is 2.52. The Bertz CT molecular complexity index is 597. The number of aryl methyl sites for hydroxylation is 1. The van der Waals surface area contributed by atoms with E-state index in [0.29, 0.717) is 5.82 Å². The third kappa shape index (κ3) is 2.03. The predicted octanol–water partition coefficient (Wildman–Crippen LogP) is 2.45. The van der Waals surface area contributed by atoms with Gasteiger partial charge in [-0.25, -0.2) is 9.97 Å². The average Bonchev–Trinajstić information content (AvgIpc) is 2.85. The van der Waals surface area contributed by atoms with Gasteiger partial charge in [0.05, 0.1) is 0 Å². The molecule has 1 aliphatic rings. The summed E-state index contributed by atoms with van der Waals surface area (Å²) in [5.74, 6) is 2.38. The van der Waals surface area contributed by atoms with E-state index in [9.17, 15) is 0 Å². The number of fused-ring (bicyclic) bond motifs is 1. The summed E-state index contributed by atoms with van der Waals surface area (Å²) in [5.41, 5.74) is 9.71. The van der Waals surface area contributed by atoms with Crippen molar-refractivity contribution in [3.8, 4) is 0 Å². The van der Waals surface area contributed by atoms with E-state index in [4.69, 9.17) is 5.73 Å². The number of hydrogen-bond donors (Lipinski definition) is 1. The molecule has 1 aromatic heterocycles. The van der Waals surface area contributed by atoms with E-state index < -0.39 is 0 Å². The van der Waals surface area contributed by atoms with E-state index in [1.807, 2.05) is 13.8 Å². The molecule has 3 rings (SSSR count). The molecule has 0 amide bonds. The van der Waals surface area contributed by atoms with Crippen molar-refractivity contribution < 1.29 is 0 Å². The molecule has 0 fully saturated rings. The van der Waals surface area contributed by atoms with Crippen molar-refractivity contribution in [1.29, 1.82) is 0 Å². The molecule has 19 heavy (non-hydrogen) atoms. The highest BCUT2D eigenvalue weighted by molar-refractivity contribution is 5.58. The minimum atomic E-state index is 0.595. The summed E-state index contributed by atoms with van der Waals surface area (Å²) >= 11 is 0. The maximum atomic E-state index is 5.99. The normalized spacial score (nSPS) is 13.7. The van der Waals surface area contributed by atoms with Crippen LogP contribution in [-0.4, -0.2) is 9.97 Å². The van der Waals surface area contributed by atoms with E-state index in [0.717, 1.165) is 36.7 Å². The summed E-state index contributed by atoms with van der Waals surface area (Å²) in [7, 11) is 0. The molecule has 0 saturated carbocycles. The van der Waals surface area contributed by atoms with Crippen molar-refractivity contribution in [3.63, 3.8) is 0 Å². The molecule has 0 atom stereocenters.